The molecule has 6 nitrogen and oxygen atoms in total. The van der Waals surface area contributed by atoms with Crippen LogP contribution in [0.2, 0.25) is 0 Å². The number of hydrogen-bond acceptors (Lipinski definition) is 6. The van der Waals surface area contributed by atoms with Gasteiger partial charge in [-0.1, -0.05) is 45.9 Å². The fourth-order valence-electron chi connectivity index (χ4n) is 12.7. The third-order valence-corrected chi connectivity index (χ3v) is 15.3. The first-order chi connectivity index (χ1) is 21.2. The van der Waals surface area contributed by atoms with Gasteiger partial charge in [0.05, 0.1) is 6.61 Å². The average molecular weight is 621 g/mol. The molecule has 248 valence electrons. The zero-order chi connectivity index (χ0) is 32.6. The summed E-state index contributed by atoms with van der Waals surface area (Å²) in [6.07, 6.45) is 13.3. The highest BCUT2D eigenvalue weighted by Gasteiger charge is 2.71. The first-order valence-corrected chi connectivity index (χ1v) is 17.5. The topological polar surface area (TPSA) is 107 Å². The van der Waals surface area contributed by atoms with Gasteiger partial charge in [0.15, 0.2) is 11.5 Å². The minimum Gasteiger partial charge on any atom is -0.504 e. The zero-order valence-electron chi connectivity index (χ0n) is 28.1. The maximum atomic E-state index is 13.0. The van der Waals surface area contributed by atoms with Gasteiger partial charge in [-0.25, -0.2) is 4.79 Å². The Morgan fingerprint density at radius 1 is 0.889 bits per heavy atom. The van der Waals surface area contributed by atoms with E-state index in [4.69, 9.17) is 4.74 Å². The summed E-state index contributed by atoms with van der Waals surface area (Å²) in [5.41, 5.74) is 1.79. The van der Waals surface area contributed by atoms with Crippen LogP contribution in [0.4, 0.5) is 0 Å². The van der Waals surface area contributed by atoms with Gasteiger partial charge in [-0.05, 0) is 146 Å². The van der Waals surface area contributed by atoms with E-state index in [0.717, 1.165) is 44.9 Å². The molecule has 45 heavy (non-hydrogen) atoms. The van der Waals surface area contributed by atoms with Gasteiger partial charge in [0.1, 0.15) is 6.10 Å². The zero-order valence-corrected chi connectivity index (χ0v) is 28.1. The summed E-state index contributed by atoms with van der Waals surface area (Å²) in [5, 5.41) is 41.2. The maximum Gasteiger partial charge on any atom is 0.331 e. The lowest BCUT2D eigenvalue weighted by atomic mass is 9.32. The standard InChI is InChI=1S/C39H56O6/c1-24(2)26-13-18-39(23-41)20-19-37(5)27(34(26)39)9-11-31-35(3)16-15-32(36(4,22-40)30(35)14-17-38(31,37)6)45-33(44)12-8-25-7-10-28(42)29(43)21-25/h7-8,10,12,21,26-27,30-32,34,40-43H,1,9,11,13-20,22-23H2,2-6H3/b12-8-/t26-,27+,30+,31+,32-,34+,35-,36-,37+,38+,39+/m0/s1. The molecule has 0 aliphatic heterocycles. The van der Waals surface area contributed by atoms with Crippen LogP contribution >= 0.6 is 0 Å². The number of phenols is 2. The van der Waals surface area contributed by atoms with Gasteiger partial charge in [-0.15, -0.1) is 0 Å². The van der Waals surface area contributed by atoms with Gasteiger partial charge < -0.3 is 25.2 Å². The molecule has 4 N–H and O–H groups in total. The van der Waals surface area contributed by atoms with Gasteiger partial charge in [-0.3, -0.25) is 0 Å². The minimum absolute atomic E-state index is 0.0224. The number of aromatic hydroxyl groups is 2. The molecule has 0 spiro atoms. The van der Waals surface area contributed by atoms with Crippen molar-refractivity contribution in [3.63, 3.8) is 0 Å². The van der Waals surface area contributed by atoms with E-state index < -0.39 is 11.4 Å². The number of carbonyl (C=O) groups is 1. The number of phenolic OH excluding ortho intramolecular Hbond substituents is 2. The molecule has 11 atom stereocenters. The van der Waals surface area contributed by atoms with Crippen molar-refractivity contribution < 1.29 is 30.0 Å². The van der Waals surface area contributed by atoms with Crippen molar-refractivity contribution in [3.8, 4) is 11.5 Å². The molecule has 1 aromatic rings. The summed E-state index contributed by atoms with van der Waals surface area (Å²) < 4.78 is 6.11. The molecule has 0 bridgehead atoms. The number of allylic oxidation sites excluding steroid dienone is 1. The van der Waals surface area contributed by atoms with Crippen LogP contribution in [0.5, 0.6) is 11.5 Å². The Balaban J connectivity index is 1.25. The van der Waals surface area contributed by atoms with Crippen LogP contribution in [0.3, 0.4) is 0 Å². The normalized spacial score (nSPS) is 45.7. The number of benzene rings is 1. The molecule has 0 amide bonds. The molecule has 0 aromatic heterocycles. The van der Waals surface area contributed by atoms with Gasteiger partial charge in [-0.2, -0.15) is 0 Å². The molecule has 1 aromatic carbocycles. The van der Waals surface area contributed by atoms with Crippen molar-refractivity contribution in [1.29, 1.82) is 0 Å². The fourth-order valence-corrected chi connectivity index (χ4v) is 12.7. The summed E-state index contributed by atoms with van der Waals surface area (Å²) in [4.78, 5) is 13.0. The molecule has 0 radical (unpaired) electrons. The van der Waals surface area contributed by atoms with Crippen LogP contribution in [0, 0.1) is 56.7 Å². The van der Waals surface area contributed by atoms with Crippen LogP contribution in [-0.2, 0) is 9.53 Å². The highest BCUT2D eigenvalue weighted by molar-refractivity contribution is 5.87. The molecule has 0 saturated heterocycles. The molecule has 5 saturated carbocycles. The molecule has 6 heteroatoms. The molecule has 5 aliphatic carbocycles. The van der Waals surface area contributed by atoms with Crippen LogP contribution in [0.15, 0.2) is 36.4 Å². The number of aliphatic hydroxyl groups is 2. The number of esters is 1. The number of rotatable bonds is 6. The second kappa shape index (κ2) is 11.1. The van der Waals surface area contributed by atoms with Crippen molar-refractivity contribution in [1.82, 2.24) is 0 Å². The van der Waals surface area contributed by atoms with E-state index in [1.54, 1.807) is 12.1 Å². The van der Waals surface area contributed by atoms with Gasteiger partial charge in [0, 0.05) is 18.1 Å². The Labute approximate surface area is 270 Å². The van der Waals surface area contributed by atoms with Crippen molar-refractivity contribution in [3.05, 3.63) is 42.0 Å². The maximum absolute atomic E-state index is 13.0. The molecule has 6 rings (SSSR count). The fraction of sp³-hybridized carbons (Fsp3) is 0.718. The van der Waals surface area contributed by atoms with Crippen molar-refractivity contribution >= 4 is 12.0 Å². The SMILES string of the molecule is C=C(C)[C@@H]1CC[C@]2(CO)CC[C@]3(C)[C@H](CC[C@@H]4[C@@]5(C)CC[C@H](OC(=O)/C=C\c6ccc(O)c(O)c6)[C@@](C)(CO)[C@@H]5CC[C@]43C)[C@@H]12. The Hall–Kier alpha value is -2.31. The lowest BCUT2D eigenvalue weighted by Gasteiger charge is -2.73. The summed E-state index contributed by atoms with van der Waals surface area (Å²) in [6, 6.07) is 4.41. The molecule has 0 unspecified atom stereocenters. The largest absolute Gasteiger partial charge is 0.504 e. The summed E-state index contributed by atoms with van der Waals surface area (Å²) >= 11 is 0. The number of carbonyl (C=O) groups excluding carboxylic acids is 1. The monoisotopic (exact) mass is 620 g/mol. The van der Waals surface area contributed by atoms with Crippen molar-refractivity contribution in [2.45, 2.75) is 105 Å². The second-order valence-corrected chi connectivity index (χ2v) is 16.9. The first-order valence-electron chi connectivity index (χ1n) is 17.5. The highest BCUT2D eigenvalue weighted by atomic mass is 16.5. The van der Waals surface area contributed by atoms with E-state index in [1.165, 1.54) is 43.0 Å². The second-order valence-electron chi connectivity index (χ2n) is 16.9. The van der Waals surface area contributed by atoms with E-state index in [2.05, 4.69) is 41.2 Å². The third-order valence-electron chi connectivity index (χ3n) is 15.3. The molecule has 5 aliphatic rings. The van der Waals surface area contributed by atoms with Crippen LogP contribution in [-0.4, -0.2) is 45.7 Å². The summed E-state index contributed by atoms with van der Waals surface area (Å²) in [7, 11) is 0. The van der Waals surface area contributed by atoms with Gasteiger partial charge >= 0.3 is 5.97 Å². The summed E-state index contributed by atoms with van der Waals surface area (Å²) in [6.45, 7) is 16.7. The first kappa shape index (κ1) is 32.6. The summed E-state index contributed by atoms with van der Waals surface area (Å²) in [5.74, 6) is 1.48. The van der Waals surface area contributed by atoms with E-state index in [1.807, 2.05) is 0 Å². The molecular formula is C39H56O6. The number of ether oxygens (including phenoxy) is 1. The average Bonchev–Trinajstić information content (AvgIpc) is 3.40. The molecule has 5 fully saturated rings. The minimum atomic E-state index is -0.540. The molecule has 0 heterocycles. The predicted octanol–water partition coefficient (Wildman–Crippen LogP) is 7.65. The van der Waals surface area contributed by atoms with Crippen LogP contribution < -0.4 is 0 Å². The molecular weight excluding hydrogens is 564 g/mol. The van der Waals surface area contributed by atoms with Gasteiger partial charge in [0.25, 0.3) is 0 Å². The van der Waals surface area contributed by atoms with E-state index in [9.17, 15) is 25.2 Å². The van der Waals surface area contributed by atoms with Crippen LogP contribution in [0.25, 0.3) is 6.08 Å². The Bertz CT molecular complexity index is 1370. The number of fused-ring (bicyclic) bond motifs is 7. The van der Waals surface area contributed by atoms with Crippen LogP contribution in [0.1, 0.15) is 104 Å². The van der Waals surface area contributed by atoms with Crippen molar-refractivity contribution in [2.24, 2.45) is 56.7 Å². The van der Waals surface area contributed by atoms with E-state index in [-0.39, 0.29) is 51.8 Å². The number of hydrogen-bond donors (Lipinski definition) is 4. The number of aliphatic hydroxyl groups excluding tert-OH is 2. The highest BCUT2D eigenvalue weighted by Crippen LogP contribution is 2.77. The predicted molar refractivity (Wildman–Crippen MR) is 176 cm³/mol. The third kappa shape index (κ3) is 4.66. The lowest BCUT2D eigenvalue weighted by Crippen LogP contribution is -2.67. The Morgan fingerprint density at radius 3 is 2.31 bits per heavy atom. The quantitative estimate of drug-likeness (QED) is 0.113. The Morgan fingerprint density at radius 2 is 1.64 bits per heavy atom. The van der Waals surface area contributed by atoms with Gasteiger partial charge in [0.2, 0.25) is 0 Å². The van der Waals surface area contributed by atoms with E-state index >= 15 is 0 Å². The van der Waals surface area contributed by atoms with Crippen molar-refractivity contribution in [2.75, 3.05) is 13.2 Å². The van der Waals surface area contributed by atoms with E-state index in [0.29, 0.717) is 35.8 Å². The Kier molecular flexibility index (Phi) is 8.08. The lowest BCUT2D eigenvalue weighted by molar-refractivity contribution is -0.257. The smallest absolute Gasteiger partial charge is 0.331 e.